The first-order valence-corrected chi connectivity index (χ1v) is 6.86. The van der Waals surface area contributed by atoms with Crippen LogP contribution in [0.4, 0.5) is 0 Å². The molecular formula is C14H22O4. The summed E-state index contributed by atoms with van der Waals surface area (Å²) in [5, 5.41) is 10.7. The molecule has 1 N–H and O–H groups in total. The number of hydrogen-bond donors (Lipinski definition) is 1. The third-order valence-corrected chi connectivity index (χ3v) is 5.81. The molecule has 102 valence electrons. The van der Waals surface area contributed by atoms with Gasteiger partial charge in [0.05, 0.1) is 11.5 Å². The Morgan fingerprint density at radius 1 is 1.28 bits per heavy atom. The number of fused-ring (bicyclic) bond motifs is 2. The molecule has 4 fully saturated rings. The fourth-order valence-electron chi connectivity index (χ4n) is 5.10. The minimum Gasteiger partial charge on any atom is -0.392 e. The second-order valence-corrected chi connectivity index (χ2v) is 6.26. The lowest BCUT2D eigenvalue weighted by Gasteiger charge is -2.59. The molecule has 0 aromatic rings. The maximum Gasteiger partial charge on any atom is 0.237 e. The monoisotopic (exact) mass is 254 g/mol. The van der Waals surface area contributed by atoms with Gasteiger partial charge >= 0.3 is 0 Å². The Morgan fingerprint density at radius 2 is 1.94 bits per heavy atom. The molecule has 4 aliphatic carbocycles. The summed E-state index contributed by atoms with van der Waals surface area (Å²) in [6.45, 7) is 2.06. The highest BCUT2D eigenvalue weighted by Gasteiger charge is 2.74. The van der Waals surface area contributed by atoms with Crippen LogP contribution in [-0.4, -0.2) is 37.0 Å². The van der Waals surface area contributed by atoms with Gasteiger partial charge in [-0.15, -0.1) is 0 Å². The van der Waals surface area contributed by atoms with Crippen molar-refractivity contribution in [2.24, 2.45) is 23.2 Å². The van der Waals surface area contributed by atoms with Crippen molar-refractivity contribution in [3.63, 3.8) is 0 Å². The van der Waals surface area contributed by atoms with E-state index >= 15 is 0 Å². The Hall–Kier alpha value is -0.450. The van der Waals surface area contributed by atoms with Gasteiger partial charge in [-0.2, -0.15) is 0 Å². The molecule has 4 heteroatoms. The molecule has 0 heterocycles. The summed E-state index contributed by atoms with van der Waals surface area (Å²) >= 11 is 0. The fourth-order valence-corrected chi connectivity index (χ4v) is 5.10. The van der Waals surface area contributed by atoms with Crippen molar-refractivity contribution in [3.05, 3.63) is 0 Å². The largest absolute Gasteiger partial charge is 0.392 e. The smallest absolute Gasteiger partial charge is 0.237 e. The molecule has 0 saturated heterocycles. The van der Waals surface area contributed by atoms with Gasteiger partial charge in [0.25, 0.3) is 0 Å². The number of carbonyl (C=O) groups is 1. The van der Waals surface area contributed by atoms with Crippen LogP contribution in [0.3, 0.4) is 0 Å². The van der Waals surface area contributed by atoms with Gasteiger partial charge in [-0.1, -0.05) is 6.92 Å². The van der Waals surface area contributed by atoms with E-state index in [0.717, 1.165) is 25.7 Å². The minimum absolute atomic E-state index is 0.0446. The van der Waals surface area contributed by atoms with Crippen LogP contribution in [0, 0.1) is 23.2 Å². The predicted molar refractivity (Wildman–Crippen MR) is 64.8 cm³/mol. The first-order chi connectivity index (χ1) is 8.53. The topological polar surface area (TPSA) is 55.8 Å². The van der Waals surface area contributed by atoms with E-state index in [4.69, 9.17) is 9.47 Å². The standard InChI is InChI=1S/C14H22O4/c1-8-6-10-7-9-4-5-13(10,11(8)15)14(17-2,18-3)12(9)16/h8-11,15H,4-7H2,1-3H3/t8-,9+,10?,11-,13-/m1/s1. The molecule has 4 nitrogen and oxygen atoms in total. The van der Waals surface area contributed by atoms with E-state index in [1.807, 2.05) is 0 Å². The first-order valence-electron chi connectivity index (χ1n) is 6.86. The van der Waals surface area contributed by atoms with E-state index < -0.39 is 17.3 Å². The predicted octanol–water partition coefficient (Wildman–Crippen LogP) is 1.36. The van der Waals surface area contributed by atoms with Gasteiger partial charge in [0, 0.05) is 20.1 Å². The number of methoxy groups -OCH3 is 2. The van der Waals surface area contributed by atoms with Gasteiger partial charge in [-0.25, -0.2) is 0 Å². The molecule has 18 heavy (non-hydrogen) atoms. The van der Waals surface area contributed by atoms with Gasteiger partial charge in [-0.05, 0) is 37.5 Å². The van der Waals surface area contributed by atoms with Crippen LogP contribution in [0.1, 0.15) is 32.6 Å². The molecule has 1 unspecified atom stereocenters. The summed E-state index contributed by atoms with van der Waals surface area (Å²) in [4.78, 5) is 12.6. The third kappa shape index (κ3) is 1.11. The van der Waals surface area contributed by atoms with E-state index in [1.165, 1.54) is 14.2 Å². The van der Waals surface area contributed by atoms with E-state index in [-0.39, 0.29) is 17.6 Å². The molecule has 0 aliphatic heterocycles. The van der Waals surface area contributed by atoms with Gasteiger partial charge in [-0.3, -0.25) is 4.79 Å². The summed E-state index contributed by atoms with van der Waals surface area (Å²) < 4.78 is 11.1. The van der Waals surface area contributed by atoms with Crippen molar-refractivity contribution in [1.82, 2.24) is 0 Å². The molecule has 0 amide bonds. The molecule has 0 aromatic carbocycles. The lowest BCUT2D eigenvalue weighted by atomic mass is 9.51. The van der Waals surface area contributed by atoms with Crippen molar-refractivity contribution in [1.29, 1.82) is 0 Å². The van der Waals surface area contributed by atoms with Crippen LogP contribution < -0.4 is 0 Å². The zero-order chi connectivity index (χ0) is 13.1. The first kappa shape index (κ1) is 12.6. The summed E-state index contributed by atoms with van der Waals surface area (Å²) in [5.74, 6) is -0.566. The fraction of sp³-hybridized carbons (Fsp3) is 0.929. The molecule has 5 atom stereocenters. The minimum atomic E-state index is -1.22. The quantitative estimate of drug-likeness (QED) is 0.756. The molecule has 1 spiro atoms. The molecule has 4 saturated carbocycles. The highest BCUT2D eigenvalue weighted by Crippen LogP contribution is 2.66. The number of carbonyl (C=O) groups excluding carboxylic acids is 1. The highest BCUT2D eigenvalue weighted by molar-refractivity contribution is 5.91. The number of rotatable bonds is 2. The van der Waals surface area contributed by atoms with Crippen LogP contribution in [0.15, 0.2) is 0 Å². The maximum atomic E-state index is 12.6. The van der Waals surface area contributed by atoms with Gasteiger partial charge < -0.3 is 14.6 Å². The Balaban J connectivity index is 2.16. The highest BCUT2D eigenvalue weighted by atomic mass is 16.7. The number of ether oxygens (including phenoxy) is 2. The normalized spacial score (nSPS) is 49.4. The SMILES string of the molecule is COC1(OC)C(=O)[C@H]2CC[C@]13C(C2)C[C@@H](C)[C@H]3O. The van der Waals surface area contributed by atoms with Crippen molar-refractivity contribution >= 4 is 5.78 Å². The zero-order valence-corrected chi connectivity index (χ0v) is 11.3. The average molecular weight is 254 g/mol. The lowest BCUT2D eigenvalue weighted by molar-refractivity contribution is -0.312. The number of Topliss-reactive ketones (excluding diaryl/α,β-unsaturated/α-hetero) is 1. The maximum absolute atomic E-state index is 12.6. The van der Waals surface area contributed by atoms with E-state index in [2.05, 4.69) is 6.92 Å². The molecule has 4 rings (SSSR count). The molecule has 0 aromatic heterocycles. The Morgan fingerprint density at radius 3 is 2.56 bits per heavy atom. The molecule has 4 aliphatic rings. The number of aliphatic hydroxyl groups excluding tert-OH is 1. The number of aliphatic hydroxyl groups is 1. The van der Waals surface area contributed by atoms with Crippen LogP contribution in [-0.2, 0) is 14.3 Å². The van der Waals surface area contributed by atoms with Crippen LogP contribution in [0.5, 0.6) is 0 Å². The number of hydrogen-bond acceptors (Lipinski definition) is 4. The summed E-state index contributed by atoms with van der Waals surface area (Å²) in [5.41, 5.74) is -0.526. The Bertz CT molecular complexity index is 376. The third-order valence-electron chi connectivity index (χ3n) is 5.81. The summed E-state index contributed by atoms with van der Waals surface area (Å²) in [6, 6.07) is 0. The van der Waals surface area contributed by atoms with Crippen molar-refractivity contribution in [2.75, 3.05) is 14.2 Å². The molecular weight excluding hydrogens is 232 g/mol. The summed E-state index contributed by atoms with van der Waals surface area (Å²) in [7, 11) is 3.06. The van der Waals surface area contributed by atoms with E-state index in [1.54, 1.807) is 0 Å². The van der Waals surface area contributed by atoms with Crippen LogP contribution >= 0.6 is 0 Å². The summed E-state index contributed by atoms with van der Waals surface area (Å²) in [6.07, 6.45) is 3.07. The molecule has 0 radical (unpaired) electrons. The van der Waals surface area contributed by atoms with Gasteiger partial charge in [0.1, 0.15) is 0 Å². The average Bonchev–Trinajstić information content (AvgIpc) is 2.64. The van der Waals surface area contributed by atoms with Crippen molar-refractivity contribution < 1.29 is 19.4 Å². The second kappa shape index (κ2) is 3.78. The number of ketones is 1. The lowest BCUT2D eigenvalue weighted by Crippen LogP contribution is -2.70. The molecule has 2 bridgehead atoms. The van der Waals surface area contributed by atoms with E-state index in [9.17, 15) is 9.90 Å². The van der Waals surface area contributed by atoms with Crippen LogP contribution in [0.25, 0.3) is 0 Å². The second-order valence-electron chi connectivity index (χ2n) is 6.26. The zero-order valence-electron chi connectivity index (χ0n) is 11.3. The Labute approximate surface area is 108 Å². The Kier molecular flexibility index (Phi) is 2.64. The van der Waals surface area contributed by atoms with Crippen LogP contribution in [0.2, 0.25) is 0 Å². The van der Waals surface area contributed by atoms with Crippen molar-refractivity contribution in [3.8, 4) is 0 Å². The van der Waals surface area contributed by atoms with Crippen molar-refractivity contribution in [2.45, 2.75) is 44.5 Å². The van der Waals surface area contributed by atoms with Gasteiger partial charge in [0.15, 0.2) is 5.78 Å². The van der Waals surface area contributed by atoms with Gasteiger partial charge in [0.2, 0.25) is 5.79 Å². The van der Waals surface area contributed by atoms with E-state index in [0.29, 0.717) is 5.92 Å².